The Kier molecular flexibility index (Phi) is 4.48. The van der Waals surface area contributed by atoms with Crippen molar-refractivity contribution in [3.8, 4) is 5.75 Å². The summed E-state index contributed by atoms with van der Waals surface area (Å²) in [4.78, 5) is 46.0. The molecule has 0 bridgehead atoms. The lowest BCUT2D eigenvalue weighted by Gasteiger charge is -2.35. The molecule has 1 saturated heterocycles. The number of guanidine groups is 1. The lowest BCUT2D eigenvalue weighted by Crippen LogP contribution is -2.64. The van der Waals surface area contributed by atoms with Crippen LogP contribution in [-0.2, 0) is 9.59 Å². The molecule has 1 aromatic carbocycles. The lowest BCUT2D eigenvalue weighted by molar-refractivity contribution is -0.545. The fraction of sp³-hybridized carbons (Fsp3) is 0.421. The van der Waals surface area contributed by atoms with Crippen molar-refractivity contribution in [3.63, 3.8) is 0 Å². The molecule has 3 heterocycles. The Morgan fingerprint density at radius 2 is 2.07 bits per heavy atom. The average Bonchev–Trinajstić information content (AvgIpc) is 3.08. The van der Waals surface area contributed by atoms with Crippen molar-refractivity contribution >= 4 is 35.3 Å². The molecule has 29 heavy (non-hydrogen) atoms. The molecule has 4 amide bonds. The molecule has 0 aliphatic carbocycles. The summed E-state index contributed by atoms with van der Waals surface area (Å²) in [6, 6.07) is 6.21. The number of amidine groups is 1. The molecular weight excluding hydrogens is 376 g/mol. The third-order valence-corrected chi connectivity index (χ3v) is 5.32. The van der Waals surface area contributed by atoms with Gasteiger partial charge in [0.05, 0.1) is 20.2 Å². The van der Waals surface area contributed by atoms with Crippen LogP contribution >= 0.6 is 0 Å². The number of primary amides is 1. The van der Waals surface area contributed by atoms with Crippen molar-refractivity contribution in [2.24, 2.45) is 16.6 Å². The van der Waals surface area contributed by atoms with Gasteiger partial charge in [-0.25, -0.2) is 14.3 Å². The van der Waals surface area contributed by atoms with Crippen LogP contribution in [0.15, 0.2) is 29.3 Å². The highest BCUT2D eigenvalue weighted by molar-refractivity contribution is 6.24. The van der Waals surface area contributed by atoms with E-state index in [9.17, 15) is 14.4 Å². The lowest BCUT2D eigenvalue weighted by atomic mass is 10.1. The number of anilines is 1. The Morgan fingerprint density at radius 1 is 1.34 bits per heavy atom. The van der Waals surface area contributed by atoms with E-state index in [1.165, 1.54) is 4.90 Å². The predicted octanol–water partition coefficient (Wildman–Crippen LogP) is -0.320. The van der Waals surface area contributed by atoms with Gasteiger partial charge < -0.3 is 10.5 Å². The third-order valence-electron chi connectivity index (χ3n) is 5.32. The molecule has 0 radical (unpaired) electrons. The van der Waals surface area contributed by atoms with Crippen molar-refractivity contribution in [2.45, 2.75) is 13.0 Å². The van der Waals surface area contributed by atoms with E-state index in [-0.39, 0.29) is 5.92 Å². The number of amides is 4. The molecule has 2 atom stereocenters. The number of hydrogen-bond acceptors (Lipinski definition) is 6. The summed E-state index contributed by atoms with van der Waals surface area (Å²) in [5, 5.41) is 0. The quantitative estimate of drug-likeness (QED) is 0.698. The van der Waals surface area contributed by atoms with Crippen molar-refractivity contribution in [2.75, 3.05) is 38.7 Å². The molecule has 4 rings (SSSR count). The van der Waals surface area contributed by atoms with Crippen LogP contribution in [0.5, 0.6) is 5.75 Å². The number of hydrogen-bond donors (Lipinski definition) is 1. The highest BCUT2D eigenvalue weighted by atomic mass is 16.5. The van der Waals surface area contributed by atoms with Crippen molar-refractivity contribution in [1.82, 2.24) is 9.80 Å². The summed E-state index contributed by atoms with van der Waals surface area (Å²) < 4.78 is 7.39. The number of nitrogens with zero attached hydrogens (tertiary/aromatic N) is 5. The molecule has 0 saturated carbocycles. The number of rotatable bonds is 4. The first kappa shape index (κ1) is 18.9. The van der Waals surface area contributed by atoms with E-state index >= 15 is 0 Å². The zero-order valence-corrected chi connectivity index (χ0v) is 16.5. The van der Waals surface area contributed by atoms with Crippen LogP contribution in [0.3, 0.4) is 0 Å². The van der Waals surface area contributed by atoms with Gasteiger partial charge >= 0.3 is 12.0 Å². The molecular formula is C19H23N6O4+. The van der Waals surface area contributed by atoms with E-state index in [1.54, 1.807) is 14.2 Å². The molecule has 10 nitrogen and oxygen atoms in total. The zero-order chi connectivity index (χ0) is 20.9. The van der Waals surface area contributed by atoms with Gasteiger partial charge in [0.25, 0.3) is 5.91 Å². The number of benzene rings is 1. The van der Waals surface area contributed by atoms with Gasteiger partial charge in [0.1, 0.15) is 12.2 Å². The number of nitrogens with two attached hydrogens (primary N) is 1. The summed E-state index contributed by atoms with van der Waals surface area (Å²) in [6.07, 6.45) is 0. The van der Waals surface area contributed by atoms with E-state index in [1.807, 2.05) is 33.7 Å². The number of fused-ring (bicyclic) bond motifs is 2. The van der Waals surface area contributed by atoms with Crippen LogP contribution in [-0.4, -0.2) is 83.8 Å². The number of aliphatic imine (C=N–C) groups is 1. The minimum Gasteiger partial charge on any atom is -0.493 e. The molecule has 3 aliphatic heterocycles. The first-order chi connectivity index (χ1) is 13.8. The number of carbonyl (C=O) groups excluding carboxylic acids is 3. The minimum atomic E-state index is -0.771. The average molecular weight is 399 g/mol. The van der Waals surface area contributed by atoms with Gasteiger partial charge in [-0.2, -0.15) is 0 Å². The Bertz CT molecular complexity index is 971. The molecule has 10 heteroatoms. The van der Waals surface area contributed by atoms with Gasteiger partial charge in [0.15, 0.2) is 5.75 Å². The van der Waals surface area contributed by atoms with Crippen LogP contribution in [0, 0.1) is 5.92 Å². The Balaban J connectivity index is 1.80. The van der Waals surface area contributed by atoms with Gasteiger partial charge in [0, 0.05) is 13.0 Å². The second kappa shape index (κ2) is 6.87. The Morgan fingerprint density at radius 3 is 2.76 bits per heavy atom. The van der Waals surface area contributed by atoms with E-state index < -0.39 is 30.4 Å². The highest BCUT2D eigenvalue weighted by Gasteiger charge is 2.55. The van der Waals surface area contributed by atoms with Gasteiger partial charge in [-0.05, 0) is 12.1 Å². The first-order valence-electron chi connectivity index (χ1n) is 9.33. The number of para-hydroxylation sites is 2. The van der Waals surface area contributed by atoms with Crippen LogP contribution in [0.2, 0.25) is 0 Å². The van der Waals surface area contributed by atoms with E-state index in [4.69, 9.17) is 10.5 Å². The fourth-order valence-corrected chi connectivity index (χ4v) is 4.06. The van der Waals surface area contributed by atoms with Gasteiger partial charge in [-0.15, -0.1) is 0 Å². The summed E-state index contributed by atoms with van der Waals surface area (Å²) in [5.41, 5.74) is 6.07. The number of urea groups is 1. The van der Waals surface area contributed by atoms with Crippen molar-refractivity contribution in [1.29, 1.82) is 0 Å². The predicted molar refractivity (Wildman–Crippen MR) is 105 cm³/mol. The monoisotopic (exact) mass is 399 g/mol. The molecule has 1 aromatic rings. The Hall–Kier alpha value is -3.43. The number of likely N-dealkylation sites (N-methyl/N-ethyl adjacent to an activating group) is 1. The summed E-state index contributed by atoms with van der Waals surface area (Å²) >= 11 is 0. The maximum Gasteiger partial charge on any atom is 0.397 e. The van der Waals surface area contributed by atoms with Gasteiger partial charge in [-0.3, -0.25) is 19.4 Å². The third kappa shape index (κ3) is 2.91. The van der Waals surface area contributed by atoms with Crippen LogP contribution in [0.4, 0.5) is 10.5 Å². The van der Waals surface area contributed by atoms with Gasteiger partial charge in [0.2, 0.25) is 17.8 Å². The van der Waals surface area contributed by atoms with Gasteiger partial charge in [-0.1, -0.05) is 24.0 Å². The maximum atomic E-state index is 13.1. The van der Waals surface area contributed by atoms with E-state index in [0.29, 0.717) is 30.6 Å². The zero-order valence-electron chi connectivity index (χ0n) is 16.5. The molecule has 1 fully saturated rings. The maximum absolute atomic E-state index is 13.1. The number of methoxy groups -OCH3 is 1. The van der Waals surface area contributed by atoms with Crippen LogP contribution in [0.1, 0.15) is 6.92 Å². The summed E-state index contributed by atoms with van der Waals surface area (Å²) in [7, 11) is 3.15. The number of carbonyl (C=O) groups is 3. The van der Waals surface area contributed by atoms with E-state index in [0.717, 1.165) is 10.6 Å². The smallest absolute Gasteiger partial charge is 0.397 e. The van der Waals surface area contributed by atoms with Crippen LogP contribution < -0.4 is 15.4 Å². The van der Waals surface area contributed by atoms with Crippen molar-refractivity contribution in [3.05, 3.63) is 24.3 Å². The van der Waals surface area contributed by atoms with E-state index in [2.05, 4.69) is 11.9 Å². The molecule has 0 spiro atoms. The second-order valence-electron chi connectivity index (χ2n) is 7.44. The second-order valence-corrected chi connectivity index (χ2v) is 7.44. The standard InChI is InChI=1S/C19H22N6O4/c1-11-8-23(12-6-4-5-7-13(12)29-3)18-21-16-15(24(18)9-11)17(27)25(10-14(20)26)19(28)22(16)2/h4-7,11,15H,8-10H2,1-3H3,(H-,20,26)/p+1. The fourth-order valence-electron chi connectivity index (χ4n) is 4.06. The Labute approximate surface area is 167 Å². The molecule has 2 N–H and O–H groups in total. The number of imide groups is 1. The molecule has 152 valence electrons. The molecule has 3 aliphatic rings. The normalized spacial score (nSPS) is 23.8. The largest absolute Gasteiger partial charge is 0.493 e. The topological polar surface area (TPSA) is 112 Å². The summed E-state index contributed by atoms with van der Waals surface area (Å²) in [5.74, 6) is 0.611. The van der Waals surface area contributed by atoms with Crippen molar-refractivity contribution < 1.29 is 23.7 Å². The minimum absolute atomic E-state index is 0.221. The van der Waals surface area contributed by atoms with Crippen LogP contribution in [0.25, 0.3) is 0 Å². The summed E-state index contributed by atoms with van der Waals surface area (Å²) in [6.45, 7) is 2.91. The SMILES string of the molecule is COc1ccccc1N1CC(C)C[N+]2=C1N=C1C2C(=O)N(CC(N)=O)C(=O)N1C. The molecule has 2 unspecified atom stereocenters. The highest BCUT2D eigenvalue weighted by Crippen LogP contribution is 2.33. The molecule has 0 aromatic heterocycles. The number of ether oxygens (including phenoxy) is 1. The first-order valence-corrected chi connectivity index (χ1v) is 9.33.